The first-order chi connectivity index (χ1) is 14.0. The first-order valence-corrected chi connectivity index (χ1v) is 9.68. The number of fused-ring (bicyclic) bond motifs is 1. The Kier molecular flexibility index (Phi) is 5.28. The van der Waals surface area contributed by atoms with Gasteiger partial charge < -0.3 is 14.4 Å². The summed E-state index contributed by atoms with van der Waals surface area (Å²) in [6.45, 7) is 2.59. The molecule has 4 nitrogen and oxygen atoms in total. The molecule has 5 heteroatoms. The molecule has 0 radical (unpaired) electrons. The number of aliphatic carboxylic acids is 1. The van der Waals surface area contributed by atoms with Crippen molar-refractivity contribution in [1.29, 1.82) is 0 Å². The van der Waals surface area contributed by atoms with Crippen molar-refractivity contribution >= 4 is 28.5 Å². The van der Waals surface area contributed by atoms with Gasteiger partial charge in [-0.25, -0.2) is 0 Å². The predicted octanol–water partition coefficient (Wildman–Crippen LogP) is 6.07. The summed E-state index contributed by atoms with van der Waals surface area (Å²) in [5.41, 5.74) is 3.92. The molecule has 1 aromatic heterocycles. The van der Waals surface area contributed by atoms with Crippen LogP contribution >= 0.6 is 11.6 Å². The number of benzene rings is 3. The standard InChI is InChI=1S/C24H20ClNO3/c1-16-9-19(25)13-21(10-16)29-20-6-4-5-17(11-20)14-26-15-18(12-24(27)28)22-7-2-3-8-23(22)26/h2-11,13,15H,12,14H2,1H3,(H,27,28). The molecule has 1 N–H and O–H groups in total. The Balaban J connectivity index is 1.62. The van der Waals surface area contributed by atoms with Crippen LogP contribution in [0.2, 0.25) is 5.02 Å². The van der Waals surface area contributed by atoms with Gasteiger partial charge in [-0.1, -0.05) is 41.9 Å². The lowest BCUT2D eigenvalue weighted by Gasteiger charge is -2.10. The lowest BCUT2D eigenvalue weighted by molar-refractivity contribution is -0.136. The molecule has 4 aromatic rings. The Morgan fingerprint density at radius 2 is 1.86 bits per heavy atom. The summed E-state index contributed by atoms with van der Waals surface area (Å²) in [4.78, 5) is 11.2. The number of aryl methyl sites for hydroxylation is 1. The lowest BCUT2D eigenvalue weighted by atomic mass is 10.1. The fourth-order valence-corrected chi connectivity index (χ4v) is 3.84. The smallest absolute Gasteiger partial charge is 0.307 e. The van der Waals surface area contributed by atoms with E-state index in [1.807, 2.05) is 73.8 Å². The molecule has 29 heavy (non-hydrogen) atoms. The zero-order valence-electron chi connectivity index (χ0n) is 15.9. The molecule has 0 aliphatic carbocycles. The van der Waals surface area contributed by atoms with Crippen molar-refractivity contribution in [2.75, 3.05) is 0 Å². The van der Waals surface area contributed by atoms with Gasteiger partial charge in [-0.3, -0.25) is 4.79 Å². The minimum absolute atomic E-state index is 0.00474. The van der Waals surface area contributed by atoms with Gasteiger partial charge in [0.2, 0.25) is 0 Å². The maximum atomic E-state index is 11.2. The van der Waals surface area contributed by atoms with Crippen LogP contribution in [0.4, 0.5) is 0 Å². The number of carbonyl (C=O) groups is 1. The SMILES string of the molecule is Cc1cc(Cl)cc(Oc2cccc(Cn3cc(CC(=O)O)c4ccccc43)c2)c1. The van der Waals surface area contributed by atoms with Crippen molar-refractivity contribution in [3.05, 3.63) is 94.6 Å². The Bertz CT molecular complexity index is 1180. The molecular formula is C24H20ClNO3. The van der Waals surface area contributed by atoms with E-state index in [0.29, 0.717) is 17.3 Å². The van der Waals surface area contributed by atoms with Gasteiger partial charge in [-0.2, -0.15) is 0 Å². The monoisotopic (exact) mass is 405 g/mol. The quantitative estimate of drug-likeness (QED) is 0.423. The largest absolute Gasteiger partial charge is 0.481 e. The van der Waals surface area contributed by atoms with E-state index in [0.717, 1.165) is 33.3 Å². The Morgan fingerprint density at radius 3 is 2.66 bits per heavy atom. The van der Waals surface area contributed by atoms with Crippen LogP contribution < -0.4 is 4.74 Å². The zero-order chi connectivity index (χ0) is 20.4. The van der Waals surface area contributed by atoms with Crippen LogP contribution in [-0.2, 0) is 17.8 Å². The zero-order valence-corrected chi connectivity index (χ0v) is 16.7. The molecule has 0 atom stereocenters. The van der Waals surface area contributed by atoms with Crippen molar-refractivity contribution < 1.29 is 14.6 Å². The van der Waals surface area contributed by atoms with Gasteiger partial charge in [-0.15, -0.1) is 0 Å². The predicted molar refractivity (Wildman–Crippen MR) is 115 cm³/mol. The van der Waals surface area contributed by atoms with E-state index in [1.165, 1.54) is 0 Å². The van der Waals surface area contributed by atoms with Crippen LogP contribution in [0.5, 0.6) is 11.5 Å². The second-order valence-corrected chi connectivity index (χ2v) is 7.52. The third-order valence-corrected chi connectivity index (χ3v) is 4.93. The van der Waals surface area contributed by atoms with Gasteiger partial charge in [0, 0.05) is 28.7 Å². The molecular weight excluding hydrogens is 386 g/mol. The highest BCUT2D eigenvalue weighted by Gasteiger charge is 2.11. The van der Waals surface area contributed by atoms with Crippen LogP contribution in [0, 0.1) is 6.92 Å². The number of para-hydroxylation sites is 1. The second-order valence-electron chi connectivity index (χ2n) is 7.08. The van der Waals surface area contributed by atoms with Crippen LogP contribution in [0.25, 0.3) is 10.9 Å². The van der Waals surface area contributed by atoms with Crippen molar-refractivity contribution in [2.24, 2.45) is 0 Å². The number of rotatable bonds is 6. The third kappa shape index (κ3) is 4.44. The fraction of sp³-hybridized carbons (Fsp3) is 0.125. The van der Waals surface area contributed by atoms with E-state index < -0.39 is 5.97 Å². The van der Waals surface area contributed by atoms with Gasteiger partial charge in [0.05, 0.1) is 6.42 Å². The van der Waals surface area contributed by atoms with Gasteiger partial charge in [0.15, 0.2) is 0 Å². The van der Waals surface area contributed by atoms with Crippen molar-refractivity contribution in [3.63, 3.8) is 0 Å². The van der Waals surface area contributed by atoms with E-state index in [2.05, 4.69) is 4.57 Å². The highest BCUT2D eigenvalue weighted by molar-refractivity contribution is 6.30. The van der Waals surface area contributed by atoms with Crippen LogP contribution in [0.3, 0.4) is 0 Å². The summed E-state index contributed by atoms with van der Waals surface area (Å²) >= 11 is 6.12. The summed E-state index contributed by atoms with van der Waals surface area (Å²) < 4.78 is 8.07. The van der Waals surface area contributed by atoms with E-state index in [-0.39, 0.29) is 6.42 Å². The van der Waals surface area contributed by atoms with Gasteiger partial charge in [-0.05, 0) is 60.0 Å². The maximum absolute atomic E-state index is 11.2. The highest BCUT2D eigenvalue weighted by Crippen LogP contribution is 2.28. The van der Waals surface area contributed by atoms with E-state index in [4.69, 9.17) is 16.3 Å². The summed E-state index contributed by atoms with van der Waals surface area (Å²) in [6.07, 6.45) is 1.93. The molecule has 4 rings (SSSR count). The summed E-state index contributed by atoms with van der Waals surface area (Å²) in [7, 11) is 0. The molecule has 0 fully saturated rings. The van der Waals surface area contributed by atoms with E-state index in [9.17, 15) is 9.90 Å². The first kappa shape index (κ1) is 19.1. The number of carboxylic acids is 1. The van der Waals surface area contributed by atoms with Gasteiger partial charge >= 0.3 is 5.97 Å². The number of carboxylic acid groups (broad SMARTS) is 1. The number of nitrogens with zero attached hydrogens (tertiary/aromatic N) is 1. The molecule has 0 bridgehead atoms. The number of hydrogen-bond donors (Lipinski definition) is 1. The molecule has 3 aromatic carbocycles. The first-order valence-electron chi connectivity index (χ1n) is 9.30. The van der Waals surface area contributed by atoms with E-state index >= 15 is 0 Å². The summed E-state index contributed by atoms with van der Waals surface area (Å²) in [6, 6.07) is 21.4. The van der Waals surface area contributed by atoms with Crippen LogP contribution in [0.15, 0.2) is 72.9 Å². The minimum atomic E-state index is -0.833. The second kappa shape index (κ2) is 8.02. The molecule has 0 aliphatic rings. The lowest BCUT2D eigenvalue weighted by Crippen LogP contribution is -2.00. The normalized spacial score (nSPS) is 11.0. The molecule has 0 amide bonds. The molecule has 0 saturated carbocycles. The third-order valence-electron chi connectivity index (χ3n) is 4.72. The molecule has 0 spiro atoms. The van der Waals surface area contributed by atoms with Crippen molar-refractivity contribution in [3.8, 4) is 11.5 Å². The Hall–Kier alpha value is -3.24. The van der Waals surface area contributed by atoms with Crippen LogP contribution in [-0.4, -0.2) is 15.6 Å². The molecule has 1 heterocycles. The summed E-state index contributed by atoms with van der Waals surface area (Å²) in [5, 5.41) is 10.8. The highest BCUT2D eigenvalue weighted by atomic mass is 35.5. The number of ether oxygens (including phenoxy) is 1. The maximum Gasteiger partial charge on any atom is 0.307 e. The fourth-order valence-electron chi connectivity index (χ4n) is 3.56. The summed E-state index contributed by atoms with van der Waals surface area (Å²) in [5.74, 6) is 0.591. The topological polar surface area (TPSA) is 51.5 Å². The van der Waals surface area contributed by atoms with Gasteiger partial charge in [0.1, 0.15) is 11.5 Å². The van der Waals surface area contributed by atoms with Crippen molar-refractivity contribution in [2.45, 2.75) is 19.9 Å². The van der Waals surface area contributed by atoms with Crippen molar-refractivity contribution in [1.82, 2.24) is 4.57 Å². The van der Waals surface area contributed by atoms with Gasteiger partial charge in [0.25, 0.3) is 0 Å². The average molecular weight is 406 g/mol. The minimum Gasteiger partial charge on any atom is -0.481 e. The Labute approximate surface area is 173 Å². The van der Waals surface area contributed by atoms with E-state index in [1.54, 1.807) is 6.07 Å². The average Bonchev–Trinajstić information content (AvgIpc) is 2.98. The Morgan fingerprint density at radius 1 is 1.03 bits per heavy atom. The molecule has 0 unspecified atom stereocenters. The molecule has 146 valence electrons. The molecule has 0 saturated heterocycles. The molecule has 0 aliphatic heterocycles. The van der Waals surface area contributed by atoms with Crippen LogP contribution in [0.1, 0.15) is 16.7 Å². The number of aromatic nitrogens is 1. The number of hydrogen-bond acceptors (Lipinski definition) is 2. The number of halogens is 1.